The molecule has 2 aliphatic heterocycles. The van der Waals surface area contributed by atoms with Crippen LogP contribution in [-0.4, -0.2) is 36.2 Å². The number of hydrogen-bond acceptors (Lipinski definition) is 3. The van der Waals surface area contributed by atoms with Crippen molar-refractivity contribution in [3.05, 3.63) is 35.9 Å². The molecule has 0 aliphatic carbocycles. The third-order valence-corrected chi connectivity index (χ3v) is 3.99. The first-order valence-corrected chi connectivity index (χ1v) is 6.49. The Morgan fingerprint density at radius 1 is 1.28 bits per heavy atom. The van der Waals surface area contributed by atoms with E-state index in [-0.39, 0.29) is 11.6 Å². The Balaban J connectivity index is 1.84. The van der Waals surface area contributed by atoms with Crippen LogP contribution in [0.25, 0.3) is 0 Å². The quantitative estimate of drug-likeness (QED) is 0.864. The SMILES string of the molecule is O=C1OCC[C@]2(CCNC2)N1Cc1ccccc1. The normalized spacial score (nSPS) is 27.6. The standard InChI is InChI=1S/C14H18N2O2/c17-13-16(10-12-4-2-1-3-5-12)14(7-9-18-13)6-8-15-11-14/h1-5,15H,6-11H2/t14-/m0/s1. The van der Waals surface area contributed by atoms with Crippen molar-refractivity contribution in [3.63, 3.8) is 0 Å². The summed E-state index contributed by atoms with van der Waals surface area (Å²) < 4.78 is 5.21. The summed E-state index contributed by atoms with van der Waals surface area (Å²) in [6.45, 7) is 3.06. The van der Waals surface area contributed by atoms with Crippen LogP contribution in [0, 0.1) is 0 Å². The van der Waals surface area contributed by atoms with E-state index in [1.807, 2.05) is 23.1 Å². The third-order valence-electron chi connectivity index (χ3n) is 3.99. The molecule has 1 atom stereocenters. The second-order valence-corrected chi connectivity index (χ2v) is 5.09. The summed E-state index contributed by atoms with van der Waals surface area (Å²) in [4.78, 5) is 13.9. The van der Waals surface area contributed by atoms with Crippen LogP contribution in [0.15, 0.2) is 30.3 Å². The molecule has 4 nitrogen and oxygen atoms in total. The van der Waals surface area contributed by atoms with Gasteiger partial charge in [-0.3, -0.25) is 4.90 Å². The number of nitrogens with zero attached hydrogens (tertiary/aromatic N) is 1. The zero-order valence-corrected chi connectivity index (χ0v) is 10.4. The highest BCUT2D eigenvalue weighted by atomic mass is 16.6. The van der Waals surface area contributed by atoms with Crippen LogP contribution in [0.3, 0.4) is 0 Å². The molecule has 1 aromatic rings. The fourth-order valence-electron chi connectivity index (χ4n) is 2.91. The van der Waals surface area contributed by atoms with Crippen LogP contribution >= 0.6 is 0 Å². The molecule has 2 aliphatic rings. The highest BCUT2D eigenvalue weighted by Gasteiger charge is 2.45. The molecule has 3 rings (SSSR count). The van der Waals surface area contributed by atoms with E-state index < -0.39 is 0 Å². The lowest BCUT2D eigenvalue weighted by Crippen LogP contribution is -2.56. The number of carbonyl (C=O) groups is 1. The molecule has 1 aromatic carbocycles. The Morgan fingerprint density at radius 2 is 2.11 bits per heavy atom. The summed E-state index contributed by atoms with van der Waals surface area (Å²) in [5.41, 5.74) is 1.12. The van der Waals surface area contributed by atoms with Gasteiger partial charge in [-0.2, -0.15) is 0 Å². The molecule has 4 heteroatoms. The summed E-state index contributed by atoms with van der Waals surface area (Å²) in [5.74, 6) is 0. The number of cyclic esters (lactones) is 1. The van der Waals surface area contributed by atoms with Crippen LogP contribution in [0.5, 0.6) is 0 Å². The lowest BCUT2D eigenvalue weighted by Gasteiger charge is -2.43. The summed E-state index contributed by atoms with van der Waals surface area (Å²) in [6, 6.07) is 10.1. The maximum atomic E-state index is 12.0. The molecule has 1 N–H and O–H groups in total. The summed E-state index contributed by atoms with van der Waals surface area (Å²) in [6.07, 6.45) is 1.78. The Bertz CT molecular complexity index is 427. The van der Waals surface area contributed by atoms with Gasteiger partial charge in [-0.05, 0) is 18.5 Å². The highest BCUT2D eigenvalue weighted by Crippen LogP contribution is 2.32. The molecule has 96 valence electrons. The van der Waals surface area contributed by atoms with Gasteiger partial charge in [-0.1, -0.05) is 30.3 Å². The molecule has 0 unspecified atom stereocenters. The van der Waals surface area contributed by atoms with Crippen LogP contribution in [-0.2, 0) is 11.3 Å². The molecular weight excluding hydrogens is 228 g/mol. The van der Waals surface area contributed by atoms with E-state index >= 15 is 0 Å². The summed E-state index contributed by atoms with van der Waals surface area (Å²) in [7, 11) is 0. The van der Waals surface area contributed by atoms with E-state index in [2.05, 4.69) is 17.4 Å². The minimum atomic E-state index is -0.172. The second-order valence-electron chi connectivity index (χ2n) is 5.09. The van der Waals surface area contributed by atoms with Crippen molar-refractivity contribution in [1.82, 2.24) is 10.2 Å². The molecule has 1 spiro atoms. The minimum absolute atomic E-state index is 0.0365. The minimum Gasteiger partial charge on any atom is -0.449 e. The average Bonchev–Trinajstić information content (AvgIpc) is 2.85. The van der Waals surface area contributed by atoms with E-state index in [1.54, 1.807) is 0 Å². The van der Waals surface area contributed by atoms with Crippen LogP contribution in [0.4, 0.5) is 4.79 Å². The molecule has 2 heterocycles. The van der Waals surface area contributed by atoms with Gasteiger partial charge >= 0.3 is 6.09 Å². The van der Waals surface area contributed by atoms with Gasteiger partial charge in [-0.15, -0.1) is 0 Å². The molecule has 1 amide bonds. The van der Waals surface area contributed by atoms with Gasteiger partial charge in [0.25, 0.3) is 0 Å². The topological polar surface area (TPSA) is 41.6 Å². The monoisotopic (exact) mass is 246 g/mol. The maximum Gasteiger partial charge on any atom is 0.410 e. The fraction of sp³-hybridized carbons (Fsp3) is 0.500. The zero-order valence-electron chi connectivity index (χ0n) is 10.4. The van der Waals surface area contributed by atoms with Crippen molar-refractivity contribution < 1.29 is 9.53 Å². The van der Waals surface area contributed by atoms with Crippen molar-refractivity contribution in [2.75, 3.05) is 19.7 Å². The second kappa shape index (κ2) is 4.61. The number of rotatable bonds is 2. The first-order valence-electron chi connectivity index (χ1n) is 6.49. The van der Waals surface area contributed by atoms with E-state index in [9.17, 15) is 4.79 Å². The van der Waals surface area contributed by atoms with Crippen molar-refractivity contribution >= 4 is 6.09 Å². The van der Waals surface area contributed by atoms with E-state index in [0.29, 0.717) is 13.2 Å². The lowest BCUT2D eigenvalue weighted by molar-refractivity contribution is -0.000739. The highest BCUT2D eigenvalue weighted by molar-refractivity contribution is 5.70. The average molecular weight is 246 g/mol. The van der Waals surface area contributed by atoms with Crippen LogP contribution in [0.1, 0.15) is 18.4 Å². The Hall–Kier alpha value is -1.55. The summed E-state index contributed by atoms with van der Waals surface area (Å²) >= 11 is 0. The first-order chi connectivity index (χ1) is 8.80. The number of hydrogen-bond donors (Lipinski definition) is 1. The van der Waals surface area contributed by atoms with E-state index in [1.165, 1.54) is 0 Å². The lowest BCUT2D eigenvalue weighted by atomic mass is 9.91. The van der Waals surface area contributed by atoms with Gasteiger partial charge in [0, 0.05) is 19.5 Å². The number of ether oxygens (including phenoxy) is 1. The Labute approximate surface area is 107 Å². The summed E-state index contributed by atoms with van der Waals surface area (Å²) in [5, 5.41) is 3.37. The maximum absolute atomic E-state index is 12.0. The van der Waals surface area contributed by atoms with Gasteiger partial charge in [0.05, 0.1) is 12.1 Å². The van der Waals surface area contributed by atoms with E-state index in [0.717, 1.165) is 31.5 Å². The molecule has 0 aromatic heterocycles. The zero-order chi connectivity index (χ0) is 12.4. The van der Waals surface area contributed by atoms with Crippen molar-refractivity contribution in [2.45, 2.75) is 24.9 Å². The molecular formula is C14H18N2O2. The fourth-order valence-corrected chi connectivity index (χ4v) is 2.91. The smallest absolute Gasteiger partial charge is 0.410 e. The van der Waals surface area contributed by atoms with Crippen LogP contribution in [0.2, 0.25) is 0 Å². The molecule has 0 saturated carbocycles. The van der Waals surface area contributed by atoms with Crippen molar-refractivity contribution in [3.8, 4) is 0 Å². The van der Waals surface area contributed by atoms with Gasteiger partial charge in [0.2, 0.25) is 0 Å². The largest absolute Gasteiger partial charge is 0.449 e. The Morgan fingerprint density at radius 3 is 2.83 bits per heavy atom. The molecule has 2 saturated heterocycles. The number of benzene rings is 1. The first kappa shape index (κ1) is 11.5. The van der Waals surface area contributed by atoms with Crippen molar-refractivity contribution in [2.24, 2.45) is 0 Å². The number of amides is 1. The Kier molecular flexibility index (Phi) is 2.96. The predicted octanol–water partition coefficient (Wildman–Crippen LogP) is 1.76. The molecule has 2 fully saturated rings. The van der Waals surface area contributed by atoms with Gasteiger partial charge in [-0.25, -0.2) is 4.79 Å². The molecule has 0 bridgehead atoms. The van der Waals surface area contributed by atoms with Gasteiger partial charge in [0.15, 0.2) is 0 Å². The molecule has 0 radical (unpaired) electrons. The van der Waals surface area contributed by atoms with Crippen molar-refractivity contribution in [1.29, 1.82) is 0 Å². The predicted molar refractivity (Wildman–Crippen MR) is 68.2 cm³/mol. The number of carbonyl (C=O) groups excluding carboxylic acids is 1. The van der Waals surface area contributed by atoms with Crippen LogP contribution < -0.4 is 5.32 Å². The third kappa shape index (κ3) is 1.97. The van der Waals surface area contributed by atoms with Gasteiger partial charge < -0.3 is 10.1 Å². The number of nitrogens with one attached hydrogen (secondary N) is 1. The molecule has 18 heavy (non-hydrogen) atoms. The van der Waals surface area contributed by atoms with E-state index in [4.69, 9.17) is 4.74 Å². The van der Waals surface area contributed by atoms with Gasteiger partial charge in [0.1, 0.15) is 0 Å².